The highest BCUT2D eigenvalue weighted by Gasteiger charge is 2.64. The summed E-state index contributed by atoms with van der Waals surface area (Å²) < 4.78 is 0. The van der Waals surface area contributed by atoms with Crippen LogP contribution in [0.3, 0.4) is 0 Å². The van der Waals surface area contributed by atoms with Crippen molar-refractivity contribution in [2.24, 2.45) is 52.3 Å². The van der Waals surface area contributed by atoms with Crippen LogP contribution in [0.25, 0.3) is 0 Å². The lowest BCUT2D eigenvalue weighted by molar-refractivity contribution is -0.195. The molecule has 2 N–H and O–H groups in total. The molecule has 4 rings (SSSR count). The quantitative estimate of drug-likeness (QED) is 0.534. The van der Waals surface area contributed by atoms with E-state index in [1.807, 2.05) is 0 Å². The van der Waals surface area contributed by atoms with Gasteiger partial charge in [-0.1, -0.05) is 47.0 Å². The molecular weight excluding hydrogens is 356 g/mol. The molecule has 0 heterocycles. The lowest BCUT2D eigenvalue weighted by Crippen LogP contribution is -2.61. The third-order valence-electron chi connectivity index (χ3n) is 11.1. The van der Waals surface area contributed by atoms with Gasteiger partial charge in [0.25, 0.3) is 0 Å². The molecule has 29 heavy (non-hydrogen) atoms. The summed E-state index contributed by atoms with van der Waals surface area (Å²) in [4.78, 5) is 0. The molecule has 10 atom stereocenters. The van der Waals surface area contributed by atoms with Gasteiger partial charge in [0, 0.05) is 6.61 Å². The van der Waals surface area contributed by atoms with Crippen LogP contribution in [0.4, 0.5) is 0 Å². The third-order valence-corrected chi connectivity index (χ3v) is 11.1. The molecule has 0 bridgehead atoms. The van der Waals surface area contributed by atoms with Crippen molar-refractivity contribution >= 4 is 0 Å². The van der Waals surface area contributed by atoms with Crippen LogP contribution >= 0.6 is 0 Å². The molecule has 168 valence electrons. The zero-order chi connectivity index (χ0) is 20.8. The molecule has 4 aliphatic rings. The Hall–Kier alpha value is -0.0800. The van der Waals surface area contributed by atoms with Crippen molar-refractivity contribution in [3.63, 3.8) is 0 Å². The van der Waals surface area contributed by atoms with E-state index in [0.717, 1.165) is 30.1 Å². The largest absolute Gasteiger partial charge is 0.396 e. The second-order valence-electron chi connectivity index (χ2n) is 12.2. The molecule has 0 saturated heterocycles. The summed E-state index contributed by atoms with van der Waals surface area (Å²) in [6.45, 7) is 10.3. The van der Waals surface area contributed by atoms with Crippen molar-refractivity contribution in [2.45, 2.75) is 111 Å². The topological polar surface area (TPSA) is 40.5 Å². The number of rotatable bonds is 6. The monoisotopic (exact) mass is 404 g/mol. The summed E-state index contributed by atoms with van der Waals surface area (Å²) in [5, 5.41) is 21.2. The summed E-state index contributed by atoms with van der Waals surface area (Å²) in [5.74, 6) is 4.81. The normalized spacial score (nSPS) is 50.5. The maximum Gasteiger partial charge on any atom is 0.0605 e. The Kier molecular flexibility index (Phi) is 6.45. The van der Waals surface area contributed by atoms with E-state index in [0.29, 0.717) is 35.2 Å². The molecule has 4 aliphatic carbocycles. The zero-order valence-corrected chi connectivity index (χ0v) is 19.7. The Balaban J connectivity index is 1.63. The van der Waals surface area contributed by atoms with Gasteiger partial charge in [-0.15, -0.1) is 0 Å². The predicted octanol–water partition coefficient (Wildman–Crippen LogP) is 6.44. The first-order valence-electron chi connectivity index (χ1n) is 13.2. The lowest BCUT2D eigenvalue weighted by Gasteiger charge is -2.64. The molecule has 4 saturated carbocycles. The second-order valence-corrected chi connectivity index (χ2v) is 12.2. The van der Waals surface area contributed by atoms with Crippen molar-refractivity contribution in [3.8, 4) is 0 Å². The van der Waals surface area contributed by atoms with Gasteiger partial charge in [-0.3, -0.25) is 0 Å². The summed E-state index contributed by atoms with van der Waals surface area (Å²) in [6, 6.07) is 0. The molecular formula is C27H48O2. The fourth-order valence-electron chi connectivity index (χ4n) is 9.81. The van der Waals surface area contributed by atoms with Crippen LogP contribution in [-0.2, 0) is 0 Å². The number of aliphatic hydroxyl groups excluding tert-OH is 2. The van der Waals surface area contributed by atoms with Crippen LogP contribution in [-0.4, -0.2) is 22.9 Å². The van der Waals surface area contributed by atoms with Gasteiger partial charge >= 0.3 is 0 Å². The molecule has 3 unspecified atom stereocenters. The summed E-state index contributed by atoms with van der Waals surface area (Å²) >= 11 is 0. The molecule has 0 aliphatic heterocycles. The molecule has 2 nitrogen and oxygen atoms in total. The van der Waals surface area contributed by atoms with Crippen LogP contribution in [0.1, 0.15) is 105 Å². The van der Waals surface area contributed by atoms with Crippen molar-refractivity contribution in [1.82, 2.24) is 0 Å². The van der Waals surface area contributed by atoms with Gasteiger partial charge in [0.15, 0.2) is 0 Å². The zero-order valence-electron chi connectivity index (χ0n) is 19.7. The van der Waals surface area contributed by atoms with E-state index in [2.05, 4.69) is 27.7 Å². The highest BCUT2D eigenvalue weighted by molar-refractivity contribution is 5.13. The average Bonchev–Trinajstić information content (AvgIpc) is 3.06. The molecule has 0 amide bonds. The average molecular weight is 405 g/mol. The van der Waals surface area contributed by atoms with Crippen molar-refractivity contribution in [1.29, 1.82) is 0 Å². The minimum atomic E-state index is -0.0627. The summed E-state index contributed by atoms with van der Waals surface area (Å²) in [5.41, 5.74) is 0.884. The summed E-state index contributed by atoms with van der Waals surface area (Å²) in [7, 11) is 0. The SMILES string of the molecule is CCC[C@@H]1[C@H](O)C2C3CC[C@H]([C@H](C)CCCO)[C@@]3(C)CCC2[C@@]2(C)CCCC[C@@H]12. The number of fused-ring (bicyclic) bond motifs is 5. The first-order chi connectivity index (χ1) is 13.9. The highest BCUT2D eigenvalue weighted by atomic mass is 16.3. The van der Waals surface area contributed by atoms with Gasteiger partial charge in [-0.25, -0.2) is 0 Å². The first kappa shape index (κ1) is 22.1. The maximum atomic E-state index is 11.8. The Morgan fingerprint density at radius 3 is 2.41 bits per heavy atom. The minimum Gasteiger partial charge on any atom is -0.396 e. The van der Waals surface area contributed by atoms with Gasteiger partial charge in [-0.05, 0) is 110 Å². The first-order valence-corrected chi connectivity index (χ1v) is 13.2. The Labute approximate surface area is 180 Å². The van der Waals surface area contributed by atoms with Gasteiger partial charge in [-0.2, -0.15) is 0 Å². The van der Waals surface area contributed by atoms with Crippen molar-refractivity contribution < 1.29 is 10.2 Å². The molecule has 2 heteroatoms. The molecule has 0 aromatic carbocycles. The van der Waals surface area contributed by atoms with E-state index in [9.17, 15) is 10.2 Å². The Bertz CT molecular complexity index is 561. The molecule has 0 spiro atoms. The number of hydrogen-bond donors (Lipinski definition) is 2. The highest BCUT2D eigenvalue weighted by Crippen LogP contribution is 2.69. The Morgan fingerprint density at radius 1 is 0.931 bits per heavy atom. The standard InChI is InChI=1S/C27H48O2/c1-5-9-19-21-11-6-7-15-26(21,3)23-14-16-27(4)20(18(2)10-8-17-28)12-13-22(27)24(23)25(19)29/h18-25,28-29H,5-17H2,1-4H3/t18-,19+,20-,21+,22?,23?,24?,25+,26+,27-/m1/s1. The summed E-state index contributed by atoms with van der Waals surface area (Å²) in [6.07, 6.45) is 15.5. The molecule has 4 fully saturated rings. The minimum absolute atomic E-state index is 0.0627. The third kappa shape index (κ3) is 3.43. The molecule has 0 radical (unpaired) electrons. The van der Waals surface area contributed by atoms with Crippen LogP contribution in [0, 0.1) is 52.3 Å². The van der Waals surface area contributed by atoms with Gasteiger partial charge in [0.2, 0.25) is 0 Å². The van der Waals surface area contributed by atoms with E-state index in [1.165, 1.54) is 70.6 Å². The lowest BCUT2D eigenvalue weighted by atomic mass is 9.41. The van der Waals surface area contributed by atoms with E-state index in [-0.39, 0.29) is 6.10 Å². The van der Waals surface area contributed by atoms with E-state index in [4.69, 9.17) is 0 Å². The van der Waals surface area contributed by atoms with Crippen LogP contribution < -0.4 is 0 Å². The Morgan fingerprint density at radius 2 is 1.69 bits per heavy atom. The molecule has 0 aromatic heterocycles. The van der Waals surface area contributed by atoms with Gasteiger partial charge < -0.3 is 10.2 Å². The fraction of sp³-hybridized carbons (Fsp3) is 1.00. The predicted molar refractivity (Wildman–Crippen MR) is 120 cm³/mol. The second kappa shape index (κ2) is 8.45. The van der Waals surface area contributed by atoms with Crippen LogP contribution in [0.2, 0.25) is 0 Å². The van der Waals surface area contributed by atoms with Gasteiger partial charge in [0.05, 0.1) is 6.10 Å². The van der Waals surface area contributed by atoms with E-state index in [1.54, 1.807) is 0 Å². The molecule has 0 aromatic rings. The maximum absolute atomic E-state index is 11.8. The van der Waals surface area contributed by atoms with Crippen molar-refractivity contribution in [2.75, 3.05) is 6.61 Å². The number of hydrogen-bond acceptors (Lipinski definition) is 2. The van der Waals surface area contributed by atoms with Crippen LogP contribution in [0.5, 0.6) is 0 Å². The van der Waals surface area contributed by atoms with Gasteiger partial charge in [0.1, 0.15) is 0 Å². The van der Waals surface area contributed by atoms with Crippen LogP contribution in [0.15, 0.2) is 0 Å². The fourth-order valence-corrected chi connectivity index (χ4v) is 9.81. The van der Waals surface area contributed by atoms with E-state index >= 15 is 0 Å². The van der Waals surface area contributed by atoms with E-state index < -0.39 is 0 Å². The smallest absolute Gasteiger partial charge is 0.0605 e. The number of aliphatic hydroxyl groups is 2. The van der Waals surface area contributed by atoms with Crippen molar-refractivity contribution in [3.05, 3.63) is 0 Å².